The Balaban J connectivity index is 1.54. The van der Waals surface area contributed by atoms with Crippen molar-refractivity contribution in [3.05, 3.63) is 105 Å². The van der Waals surface area contributed by atoms with Crippen molar-refractivity contribution in [2.75, 3.05) is 0 Å². The number of benzene rings is 3. The van der Waals surface area contributed by atoms with Crippen LogP contribution in [0.15, 0.2) is 82.6 Å². The Kier molecular flexibility index (Phi) is 5.60. The Morgan fingerprint density at radius 3 is 2.43 bits per heavy atom. The molecule has 0 atom stereocenters. The average Bonchev–Trinajstić information content (AvgIpc) is 3.26. The minimum Gasteiger partial charge on any atom is -0.494 e. The fraction of sp³-hybridized carbons (Fsp3) is 0. The number of aromatic carboxylic acids is 1. The highest BCUT2D eigenvalue weighted by molar-refractivity contribution is 7.71. The van der Waals surface area contributed by atoms with Crippen molar-refractivity contribution in [1.82, 2.24) is 9.55 Å². The molecular formula is C26H17N3O5S. The number of nitrogens with zero attached hydrogens (tertiary/aromatic N) is 2. The van der Waals surface area contributed by atoms with E-state index in [0.717, 1.165) is 0 Å². The van der Waals surface area contributed by atoms with Gasteiger partial charge in [0.05, 0.1) is 16.9 Å². The lowest BCUT2D eigenvalue weighted by molar-refractivity contribution is 0.0698. The largest absolute Gasteiger partial charge is 0.494 e. The van der Waals surface area contributed by atoms with E-state index in [1.165, 1.54) is 22.9 Å². The molecule has 2 heterocycles. The molecular weight excluding hydrogens is 466 g/mol. The molecule has 1 aliphatic heterocycles. The number of allylic oxidation sites excluding steroid dienone is 1. The van der Waals surface area contributed by atoms with Gasteiger partial charge in [-0.1, -0.05) is 30.3 Å². The third kappa shape index (κ3) is 4.16. The van der Waals surface area contributed by atoms with Gasteiger partial charge in [0, 0.05) is 17.4 Å². The molecule has 0 fully saturated rings. The van der Waals surface area contributed by atoms with Gasteiger partial charge < -0.3 is 14.9 Å². The van der Waals surface area contributed by atoms with E-state index < -0.39 is 11.5 Å². The lowest BCUT2D eigenvalue weighted by atomic mass is 10.0. The highest BCUT2D eigenvalue weighted by Crippen LogP contribution is 2.36. The Labute approximate surface area is 203 Å². The van der Waals surface area contributed by atoms with Gasteiger partial charge in [-0.05, 0) is 60.8 Å². The molecule has 0 amide bonds. The predicted octanol–water partition coefficient (Wildman–Crippen LogP) is 5.35. The van der Waals surface area contributed by atoms with E-state index in [-0.39, 0.29) is 21.8 Å². The molecule has 8 nitrogen and oxygen atoms in total. The standard InChI is InChI=1S/C26H17N3O5S/c30-23-21(13-15-14-27-22-19(15)7-4-8-20(22)25(32)33)24(31)29(26(35)28-23)16-9-11-18(12-10-16)34-17-5-2-1-3-6-17/h1-14,31H,(H,32,33)(H,28,30,35). The van der Waals surface area contributed by atoms with E-state index in [2.05, 4.69) is 9.98 Å². The number of carbonyl (C=O) groups is 1. The van der Waals surface area contributed by atoms with Gasteiger partial charge >= 0.3 is 5.97 Å². The zero-order chi connectivity index (χ0) is 24.5. The van der Waals surface area contributed by atoms with Crippen LogP contribution in [0.25, 0.3) is 17.3 Å². The van der Waals surface area contributed by atoms with Crippen LogP contribution in [0, 0.1) is 4.77 Å². The van der Waals surface area contributed by atoms with Gasteiger partial charge in [-0.25, -0.2) is 4.79 Å². The van der Waals surface area contributed by atoms with Crippen LogP contribution < -0.4 is 10.3 Å². The van der Waals surface area contributed by atoms with Crippen LogP contribution >= 0.6 is 12.2 Å². The molecule has 35 heavy (non-hydrogen) atoms. The van der Waals surface area contributed by atoms with Crippen LogP contribution in [0.4, 0.5) is 5.69 Å². The number of fused-ring (bicyclic) bond motifs is 1. The number of carboxylic acids is 1. The van der Waals surface area contributed by atoms with Crippen LogP contribution in [0.2, 0.25) is 0 Å². The summed E-state index contributed by atoms with van der Waals surface area (Å²) in [6, 6.07) is 20.9. The van der Waals surface area contributed by atoms with Crippen LogP contribution in [0.5, 0.6) is 17.4 Å². The summed E-state index contributed by atoms with van der Waals surface area (Å²) in [4.78, 5) is 30.9. The monoisotopic (exact) mass is 483 g/mol. The number of hydrogen-bond acceptors (Lipinski definition) is 6. The highest BCUT2D eigenvalue weighted by atomic mass is 32.1. The fourth-order valence-corrected chi connectivity index (χ4v) is 4.04. The maximum absolute atomic E-state index is 12.7. The fourth-order valence-electron chi connectivity index (χ4n) is 3.76. The zero-order valence-electron chi connectivity index (χ0n) is 18.0. The molecule has 1 aliphatic rings. The molecule has 3 N–H and O–H groups in total. The number of rotatable bonds is 5. The normalized spacial score (nSPS) is 13.1. The topological polar surface area (TPSA) is 117 Å². The SMILES string of the molecule is O=C(O)c1cccc2c1N=CC2=Cc1c(O)n(-c2ccc(Oc3ccccc3)cc2)c(=S)[nH]c1=O. The van der Waals surface area contributed by atoms with Gasteiger partial charge in [0.15, 0.2) is 4.77 Å². The average molecular weight is 484 g/mol. The number of aromatic nitrogens is 2. The summed E-state index contributed by atoms with van der Waals surface area (Å²) in [5.74, 6) is -0.193. The van der Waals surface area contributed by atoms with Crippen molar-refractivity contribution >= 4 is 41.7 Å². The first kappa shape index (κ1) is 22.1. The van der Waals surface area contributed by atoms with Crippen LogP contribution in [0.3, 0.4) is 0 Å². The van der Waals surface area contributed by atoms with Crippen LogP contribution in [-0.4, -0.2) is 31.9 Å². The highest BCUT2D eigenvalue weighted by Gasteiger charge is 2.21. The number of aliphatic imine (C=N–C) groups is 1. The van der Waals surface area contributed by atoms with E-state index in [1.54, 1.807) is 36.4 Å². The second-order valence-corrected chi connectivity index (χ2v) is 7.99. The summed E-state index contributed by atoms with van der Waals surface area (Å²) in [6.07, 6.45) is 2.91. The van der Waals surface area contributed by atoms with Gasteiger partial charge in [-0.15, -0.1) is 0 Å². The minimum atomic E-state index is -1.10. The van der Waals surface area contributed by atoms with E-state index in [1.807, 2.05) is 30.3 Å². The first-order valence-corrected chi connectivity index (χ1v) is 10.9. The lowest BCUT2D eigenvalue weighted by Crippen LogP contribution is -2.16. The molecule has 4 aromatic rings. The molecule has 0 saturated carbocycles. The van der Waals surface area contributed by atoms with E-state index in [4.69, 9.17) is 17.0 Å². The van der Waals surface area contributed by atoms with Gasteiger partial charge in [0.1, 0.15) is 17.1 Å². The Morgan fingerprint density at radius 2 is 1.71 bits per heavy atom. The molecule has 0 bridgehead atoms. The number of hydrogen-bond donors (Lipinski definition) is 3. The summed E-state index contributed by atoms with van der Waals surface area (Å²) in [7, 11) is 0. The summed E-state index contributed by atoms with van der Waals surface area (Å²) in [5.41, 5.74) is 1.25. The molecule has 1 aromatic heterocycles. The molecule has 3 aromatic carbocycles. The van der Waals surface area contributed by atoms with Gasteiger partial charge in [0.25, 0.3) is 5.56 Å². The van der Waals surface area contributed by atoms with Crippen LogP contribution in [-0.2, 0) is 0 Å². The smallest absolute Gasteiger partial charge is 0.337 e. The number of para-hydroxylation sites is 2. The number of aromatic amines is 1. The number of aromatic hydroxyl groups is 1. The summed E-state index contributed by atoms with van der Waals surface area (Å²) in [5, 5.41) is 20.4. The summed E-state index contributed by atoms with van der Waals surface area (Å²) >= 11 is 5.30. The Hall–Kier alpha value is -4.76. The third-order valence-corrected chi connectivity index (χ3v) is 5.69. The maximum Gasteiger partial charge on any atom is 0.337 e. The number of ether oxygens (including phenoxy) is 1. The van der Waals surface area contributed by atoms with E-state index >= 15 is 0 Å². The Morgan fingerprint density at radius 1 is 1.00 bits per heavy atom. The molecule has 9 heteroatoms. The van der Waals surface area contributed by atoms with Crippen molar-refractivity contribution in [1.29, 1.82) is 0 Å². The maximum atomic E-state index is 12.7. The van der Waals surface area contributed by atoms with Crippen molar-refractivity contribution in [2.45, 2.75) is 0 Å². The molecule has 0 spiro atoms. The van der Waals surface area contributed by atoms with Crippen molar-refractivity contribution in [3.8, 4) is 23.1 Å². The van der Waals surface area contributed by atoms with Gasteiger partial charge in [-0.3, -0.25) is 19.3 Å². The Bertz CT molecular complexity index is 1630. The number of H-pyrrole nitrogens is 1. The lowest BCUT2D eigenvalue weighted by Gasteiger charge is -2.13. The summed E-state index contributed by atoms with van der Waals surface area (Å²) in [6.45, 7) is 0. The molecule has 0 radical (unpaired) electrons. The van der Waals surface area contributed by atoms with Crippen molar-refractivity contribution in [3.63, 3.8) is 0 Å². The molecule has 0 aliphatic carbocycles. The zero-order valence-corrected chi connectivity index (χ0v) is 18.8. The van der Waals surface area contributed by atoms with Crippen molar-refractivity contribution < 1.29 is 19.7 Å². The van der Waals surface area contributed by atoms with Gasteiger partial charge in [0.2, 0.25) is 5.88 Å². The molecule has 172 valence electrons. The third-order valence-electron chi connectivity index (χ3n) is 5.40. The second-order valence-electron chi connectivity index (χ2n) is 7.61. The first-order chi connectivity index (χ1) is 16.9. The summed E-state index contributed by atoms with van der Waals surface area (Å²) < 4.78 is 7.14. The second kappa shape index (κ2) is 8.88. The van der Waals surface area contributed by atoms with E-state index in [9.17, 15) is 19.8 Å². The van der Waals surface area contributed by atoms with Crippen LogP contribution in [0.1, 0.15) is 21.5 Å². The van der Waals surface area contributed by atoms with Gasteiger partial charge in [-0.2, -0.15) is 0 Å². The quantitative estimate of drug-likeness (QED) is 0.330. The minimum absolute atomic E-state index is 0.0139. The van der Waals surface area contributed by atoms with E-state index in [0.29, 0.717) is 34.0 Å². The molecule has 5 rings (SSSR count). The first-order valence-electron chi connectivity index (χ1n) is 10.5. The predicted molar refractivity (Wildman–Crippen MR) is 135 cm³/mol. The van der Waals surface area contributed by atoms with Crippen molar-refractivity contribution in [2.24, 2.45) is 4.99 Å². The molecule has 0 unspecified atom stereocenters. The number of carboxylic acid groups (broad SMARTS) is 1. The number of nitrogens with one attached hydrogen (secondary N) is 1. The molecule has 0 saturated heterocycles.